The van der Waals surface area contributed by atoms with Gasteiger partial charge >= 0.3 is 12.4 Å². The summed E-state index contributed by atoms with van der Waals surface area (Å²) in [7, 11) is 0. The summed E-state index contributed by atoms with van der Waals surface area (Å²) in [5.74, 6) is 2.10. The highest BCUT2D eigenvalue weighted by Gasteiger charge is 2.36. The monoisotopic (exact) mass is 355 g/mol. The number of hydrogen-bond acceptors (Lipinski definition) is 2. The highest BCUT2D eigenvalue weighted by Crippen LogP contribution is 2.34. The van der Waals surface area contributed by atoms with Crippen LogP contribution in [0.2, 0.25) is 0 Å². The van der Waals surface area contributed by atoms with Gasteiger partial charge in [0, 0.05) is 11.6 Å². The van der Waals surface area contributed by atoms with Gasteiger partial charge in [0.2, 0.25) is 0 Å². The highest BCUT2D eigenvalue weighted by atomic mass is 19.4. The molecule has 3 rings (SSSR count). The topological polar surface area (TPSA) is 30.2 Å². The first-order chi connectivity index (χ1) is 11.6. The first kappa shape index (κ1) is 16.8. The van der Waals surface area contributed by atoms with Crippen LogP contribution in [0.1, 0.15) is 17.0 Å². The number of aromatic nitrogens is 3. The van der Waals surface area contributed by atoms with Gasteiger partial charge in [-0.3, -0.25) is 0 Å². The van der Waals surface area contributed by atoms with Crippen molar-refractivity contribution < 1.29 is 26.3 Å². The minimum Gasteiger partial charge on any atom is -0.228 e. The molecule has 0 aliphatic carbocycles. The Bertz CT molecular complexity index is 992. The Morgan fingerprint density at radius 1 is 0.960 bits per heavy atom. The van der Waals surface area contributed by atoms with E-state index in [9.17, 15) is 26.3 Å². The molecule has 0 atom stereocenters. The molecular weight excluding hydrogens is 348 g/mol. The summed E-state index contributed by atoms with van der Waals surface area (Å²) < 4.78 is 78.8. The maximum Gasteiger partial charge on any atom is 0.433 e. The second-order valence-electron chi connectivity index (χ2n) is 5.05. The third-order valence-corrected chi connectivity index (χ3v) is 3.35. The Kier molecular flexibility index (Phi) is 3.71. The van der Waals surface area contributed by atoms with E-state index in [1.807, 2.05) is 0 Å². The van der Waals surface area contributed by atoms with Crippen molar-refractivity contribution in [2.45, 2.75) is 12.4 Å². The molecule has 0 saturated carbocycles. The third kappa shape index (κ3) is 3.15. The summed E-state index contributed by atoms with van der Waals surface area (Å²) in [4.78, 5) is 3.95. The summed E-state index contributed by atoms with van der Waals surface area (Å²) in [5.41, 5.74) is -2.83. The quantitative estimate of drug-likeness (QED) is 0.478. The number of hydrogen-bond donors (Lipinski definition) is 0. The number of rotatable bonds is 1. The number of benzene rings is 1. The van der Waals surface area contributed by atoms with Crippen LogP contribution in [0.25, 0.3) is 16.9 Å². The number of nitrogens with zero attached hydrogens (tertiary/aromatic N) is 3. The molecule has 2 aromatic heterocycles. The molecule has 0 amide bonds. The Hall–Kier alpha value is -3.02. The van der Waals surface area contributed by atoms with Crippen LogP contribution >= 0.6 is 0 Å². The van der Waals surface area contributed by atoms with Crippen LogP contribution in [0.3, 0.4) is 0 Å². The average molecular weight is 355 g/mol. The lowest BCUT2D eigenvalue weighted by Crippen LogP contribution is -2.14. The van der Waals surface area contributed by atoms with Gasteiger partial charge in [-0.25, -0.2) is 9.50 Å². The molecule has 0 fully saturated rings. The fourth-order valence-electron chi connectivity index (χ4n) is 2.25. The first-order valence-electron chi connectivity index (χ1n) is 6.72. The third-order valence-electron chi connectivity index (χ3n) is 3.35. The molecule has 3 nitrogen and oxygen atoms in total. The number of terminal acetylenes is 1. The molecule has 0 spiro atoms. The van der Waals surface area contributed by atoms with E-state index in [1.165, 1.54) is 6.07 Å². The van der Waals surface area contributed by atoms with Gasteiger partial charge in [0.25, 0.3) is 0 Å². The molecular formula is C16H7F6N3. The Labute approximate surface area is 136 Å². The van der Waals surface area contributed by atoms with Crippen LogP contribution in [-0.4, -0.2) is 14.6 Å². The average Bonchev–Trinajstić information content (AvgIpc) is 2.95. The fourth-order valence-corrected chi connectivity index (χ4v) is 2.25. The molecule has 0 aliphatic heterocycles. The van der Waals surface area contributed by atoms with Crippen LogP contribution in [0.5, 0.6) is 0 Å². The molecule has 0 N–H and O–H groups in total. The van der Waals surface area contributed by atoms with Crippen molar-refractivity contribution >= 4 is 5.65 Å². The van der Waals surface area contributed by atoms with E-state index in [4.69, 9.17) is 6.42 Å². The van der Waals surface area contributed by atoms with Gasteiger partial charge in [-0.2, -0.15) is 31.4 Å². The molecule has 9 heteroatoms. The van der Waals surface area contributed by atoms with Crippen molar-refractivity contribution in [3.63, 3.8) is 0 Å². The molecule has 1 aromatic carbocycles. The largest absolute Gasteiger partial charge is 0.433 e. The SMILES string of the molecule is C#Cc1cc2nc(-c3cccc(C(F)(F)F)c3)cc(C(F)(F)F)n2n1. The van der Waals surface area contributed by atoms with Crippen LogP contribution < -0.4 is 0 Å². The first-order valence-corrected chi connectivity index (χ1v) is 6.72. The summed E-state index contributed by atoms with van der Waals surface area (Å²) in [6, 6.07) is 5.68. The van der Waals surface area contributed by atoms with Crippen molar-refractivity contribution in [2.75, 3.05) is 0 Å². The van der Waals surface area contributed by atoms with Gasteiger partial charge in [0.1, 0.15) is 5.69 Å². The van der Waals surface area contributed by atoms with Crippen LogP contribution in [-0.2, 0) is 12.4 Å². The molecule has 128 valence electrons. The lowest BCUT2D eigenvalue weighted by molar-refractivity contribution is -0.142. The summed E-state index contributed by atoms with van der Waals surface area (Å²) >= 11 is 0. The number of fused-ring (bicyclic) bond motifs is 1. The van der Waals surface area contributed by atoms with E-state index in [0.29, 0.717) is 10.6 Å². The van der Waals surface area contributed by atoms with E-state index in [2.05, 4.69) is 16.0 Å². The zero-order valence-corrected chi connectivity index (χ0v) is 12.2. The molecule has 0 saturated heterocycles. The second-order valence-corrected chi connectivity index (χ2v) is 5.05. The van der Waals surface area contributed by atoms with Crippen LogP contribution in [0.4, 0.5) is 26.3 Å². The molecule has 25 heavy (non-hydrogen) atoms. The molecule has 0 aliphatic rings. The Morgan fingerprint density at radius 2 is 1.68 bits per heavy atom. The van der Waals surface area contributed by atoms with Gasteiger partial charge in [-0.1, -0.05) is 12.1 Å². The Balaban J connectivity index is 2.26. The maximum atomic E-state index is 13.3. The van der Waals surface area contributed by atoms with E-state index in [-0.39, 0.29) is 22.6 Å². The molecule has 0 radical (unpaired) electrons. The minimum absolute atomic E-state index is 0.0702. The fraction of sp³-hybridized carbons (Fsp3) is 0.125. The molecule has 0 unspecified atom stereocenters. The van der Waals surface area contributed by atoms with Gasteiger partial charge in [-0.05, 0) is 24.1 Å². The zero-order valence-electron chi connectivity index (χ0n) is 12.2. The summed E-state index contributed by atoms with van der Waals surface area (Å²) in [5, 5.41) is 3.61. The Morgan fingerprint density at radius 3 is 2.28 bits per heavy atom. The summed E-state index contributed by atoms with van der Waals surface area (Å²) in [6.07, 6.45) is -4.29. The van der Waals surface area contributed by atoms with Crippen molar-refractivity contribution in [3.8, 4) is 23.6 Å². The van der Waals surface area contributed by atoms with E-state index < -0.39 is 23.6 Å². The second kappa shape index (κ2) is 5.51. The predicted octanol–water partition coefficient (Wildman–Crippen LogP) is 4.42. The van der Waals surface area contributed by atoms with E-state index in [0.717, 1.165) is 24.3 Å². The van der Waals surface area contributed by atoms with Crippen LogP contribution in [0, 0.1) is 12.3 Å². The van der Waals surface area contributed by atoms with Crippen LogP contribution in [0.15, 0.2) is 36.4 Å². The minimum atomic E-state index is -4.80. The predicted molar refractivity (Wildman–Crippen MR) is 76.4 cm³/mol. The summed E-state index contributed by atoms with van der Waals surface area (Å²) in [6.45, 7) is 0. The molecule has 2 heterocycles. The number of halogens is 6. The van der Waals surface area contributed by atoms with Crippen molar-refractivity contribution in [1.82, 2.24) is 14.6 Å². The number of alkyl halides is 6. The molecule has 0 bridgehead atoms. The van der Waals surface area contributed by atoms with E-state index in [1.54, 1.807) is 0 Å². The van der Waals surface area contributed by atoms with E-state index >= 15 is 0 Å². The lowest BCUT2D eigenvalue weighted by atomic mass is 10.1. The van der Waals surface area contributed by atoms with Crippen molar-refractivity contribution in [3.05, 3.63) is 53.3 Å². The van der Waals surface area contributed by atoms with Gasteiger partial charge in [-0.15, -0.1) is 6.42 Å². The van der Waals surface area contributed by atoms with Gasteiger partial charge in [0.05, 0.1) is 11.3 Å². The standard InChI is InChI=1S/C16H7F6N3/c1-2-11-7-14-23-12(8-13(16(20,21)22)25(14)24-11)9-4-3-5-10(6-9)15(17,18)19/h1,3-8H. The smallest absolute Gasteiger partial charge is 0.228 e. The highest BCUT2D eigenvalue weighted by molar-refractivity contribution is 5.64. The normalized spacial score (nSPS) is 12.4. The maximum absolute atomic E-state index is 13.3. The van der Waals surface area contributed by atoms with Crippen molar-refractivity contribution in [2.24, 2.45) is 0 Å². The zero-order chi connectivity index (χ0) is 18.4. The van der Waals surface area contributed by atoms with Gasteiger partial charge < -0.3 is 0 Å². The van der Waals surface area contributed by atoms with Gasteiger partial charge in [0.15, 0.2) is 11.3 Å². The lowest BCUT2D eigenvalue weighted by Gasteiger charge is -2.12. The molecule has 3 aromatic rings. The van der Waals surface area contributed by atoms with Crippen molar-refractivity contribution in [1.29, 1.82) is 0 Å².